The van der Waals surface area contributed by atoms with E-state index in [1.54, 1.807) is 54.6 Å². The van der Waals surface area contributed by atoms with E-state index in [4.69, 9.17) is 11.6 Å². The van der Waals surface area contributed by atoms with Gasteiger partial charge in [-0.25, -0.2) is 18.4 Å². The average molecular weight is 423 g/mol. The highest BCUT2D eigenvalue weighted by molar-refractivity contribution is 7.92. The second-order valence-electron chi connectivity index (χ2n) is 6.43. The fraction of sp³-hybridized carbons (Fsp3) is 0. The smallest absolute Gasteiger partial charge is 0.263 e. The Bertz CT molecular complexity index is 1300. The monoisotopic (exact) mass is 422 g/mol. The fourth-order valence-corrected chi connectivity index (χ4v) is 3.94. The van der Waals surface area contributed by atoms with E-state index in [1.165, 1.54) is 0 Å². The zero-order chi connectivity index (χ0) is 20.4. The molecule has 0 aliphatic rings. The Morgan fingerprint density at radius 1 is 0.793 bits per heavy atom. The van der Waals surface area contributed by atoms with Crippen LogP contribution in [0.4, 0.5) is 17.3 Å². The molecule has 0 radical (unpaired) electrons. The predicted octanol–water partition coefficient (Wildman–Crippen LogP) is 3.09. The van der Waals surface area contributed by atoms with Crippen molar-refractivity contribution in [3.05, 3.63) is 77.8 Å². The topological polar surface area (TPSA) is 84.0 Å². The zero-order valence-corrected chi connectivity index (χ0v) is 17.0. The lowest BCUT2D eigenvalue weighted by molar-refractivity contribution is 0.601. The number of fused-ring (bicyclic) bond motifs is 1. The largest absolute Gasteiger partial charge is 0.336 e. The fourth-order valence-electron chi connectivity index (χ4n) is 2.75. The molecule has 4 rings (SSSR count). The minimum absolute atomic E-state index is 0.0872. The maximum Gasteiger partial charge on any atom is 0.263 e. The van der Waals surface area contributed by atoms with Crippen LogP contribution in [0, 0.1) is 0 Å². The van der Waals surface area contributed by atoms with E-state index in [0.717, 1.165) is 5.46 Å². The molecule has 9 heteroatoms. The molecule has 0 unspecified atom stereocenters. The number of aromatic nitrogens is 2. The normalized spacial score (nSPS) is 11.3. The summed E-state index contributed by atoms with van der Waals surface area (Å²) < 4.78 is 28.3. The highest BCUT2D eigenvalue weighted by Gasteiger charge is 2.19. The van der Waals surface area contributed by atoms with Gasteiger partial charge >= 0.3 is 0 Å². The molecule has 0 fully saturated rings. The third-order valence-corrected chi connectivity index (χ3v) is 5.94. The van der Waals surface area contributed by atoms with Crippen molar-refractivity contribution >= 4 is 63.3 Å². The van der Waals surface area contributed by atoms with Gasteiger partial charge in [-0.3, -0.25) is 4.72 Å². The van der Waals surface area contributed by atoms with Crippen LogP contribution in [-0.4, -0.2) is 26.2 Å². The average Bonchev–Trinajstić information content (AvgIpc) is 2.70. The van der Waals surface area contributed by atoms with Crippen molar-refractivity contribution in [2.45, 2.75) is 4.90 Å². The standard InChI is InChI=1S/C20H16BClN4O2S/c21-13-9-11-14(12-10-13)29(27,28)26-20-19(23-16-6-2-1-5-15(16)22)24-17-7-3-4-8-18(17)25-20/h1-12H,21H2,(H,23,24)(H,25,26). The Kier molecular flexibility index (Phi) is 5.13. The van der Waals surface area contributed by atoms with Crippen molar-refractivity contribution in [2.24, 2.45) is 0 Å². The number of hydrogen-bond acceptors (Lipinski definition) is 5. The number of nitrogens with one attached hydrogen (secondary N) is 2. The van der Waals surface area contributed by atoms with Crippen molar-refractivity contribution < 1.29 is 8.42 Å². The van der Waals surface area contributed by atoms with Crippen molar-refractivity contribution in [1.29, 1.82) is 0 Å². The third-order valence-electron chi connectivity index (χ3n) is 4.26. The summed E-state index contributed by atoms with van der Waals surface area (Å²) in [6.07, 6.45) is 0. The molecule has 29 heavy (non-hydrogen) atoms. The van der Waals surface area contributed by atoms with Crippen LogP contribution < -0.4 is 15.5 Å². The maximum absolute atomic E-state index is 12.9. The Morgan fingerprint density at radius 3 is 2.03 bits per heavy atom. The molecule has 2 N–H and O–H groups in total. The van der Waals surface area contributed by atoms with Gasteiger partial charge in [0.05, 0.1) is 26.6 Å². The summed E-state index contributed by atoms with van der Waals surface area (Å²) in [5.41, 5.74) is 2.75. The first-order valence-corrected chi connectivity index (χ1v) is 10.7. The van der Waals surface area contributed by atoms with Gasteiger partial charge in [0.1, 0.15) is 7.85 Å². The predicted molar refractivity (Wildman–Crippen MR) is 120 cm³/mol. The van der Waals surface area contributed by atoms with Crippen molar-refractivity contribution in [3.63, 3.8) is 0 Å². The molecule has 144 valence electrons. The first-order chi connectivity index (χ1) is 13.9. The molecule has 0 aliphatic heterocycles. The highest BCUT2D eigenvalue weighted by atomic mass is 35.5. The zero-order valence-electron chi connectivity index (χ0n) is 15.4. The third kappa shape index (κ3) is 4.18. The minimum Gasteiger partial charge on any atom is -0.336 e. The molecule has 4 aromatic rings. The van der Waals surface area contributed by atoms with Crippen molar-refractivity contribution in [2.75, 3.05) is 10.0 Å². The van der Waals surface area contributed by atoms with E-state index in [9.17, 15) is 8.42 Å². The number of benzene rings is 3. The minimum atomic E-state index is -3.85. The Balaban J connectivity index is 1.79. The molecular weight excluding hydrogens is 407 g/mol. The molecule has 3 aromatic carbocycles. The van der Waals surface area contributed by atoms with E-state index in [0.29, 0.717) is 21.7 Å². The summed E-state index contributed by atoms with van der Waals surface area (Å²) in [7, 11) is -1.96. The molecular formula is C20H16BClN4O2S. The molecule has 1 aromatic heterocycles. The van der Waals surface area contributed by atoms with E-state index in [1.807, 2.05) is 26.0 Å². The molecule has 0 saturated carbocycles. The van der Waals surface area contributed by atoms with Crippen LogP contribution in [0.25, 0.3) is 11.0 Å². The quantitative estimate of drug-likeness (QED) is 0.483. The Hall–Kier alpha value is -3.10. The SMILES string of the molecule is Bc1ccc(S(=O)(=O)Nc2nc3ccccc3nc2Nc2ccccc2Cl)cc1. The number of anilines is 3. The molecule has 0 aliphatic carbocycles. The van der Waals surface area contributed by atoms with E-state index in [-0.39, 0.29) is 16.5 Å². The summed E-state index contributed by atoms with van der Waals surface area (Å²) in [6, 6.07) is 20.9. The van der Waals surface area contributed by atoms with Gasteiger partial charge in [0.15, 0.2) is 11.6 Å². The van der Waals surface area contributed by atoms with Crippen LogP contribution >= 0.6 is 11.6 Å². The van der Waals surface area contributed by atoms with Gasteiger partial charge < -0.3 is 5.32 Å². The van der Waals surface area contributed by atoms with Gasteiger partial charge in [-0.1, -0.05) is 53.5 Å². The second kappa shape index (κ2) is 7.73. The molecule has 0 spiro atoms. The first kappa shape index (κ1) is 19.2. The number of rotatable bonds is 5. The van der Waals surface area contributed by atoms with Crippen LogP contribution in [0.5, 0.6) is 0 Å². The van der Waals surface area contributed by atoms with Crippen LogP contribution in [0.2, 0.25) is 5.02 Å². The van der Waals surface area contributed by atoms with Gasteiger partial charge in [-0.05, 0) is 36.4 Å². The number of para-hydroxylation sites is 3. The Morgan fingerprint density at radius 2 is 1.38 bits per heavy atom. The molecule has 6 nitrogen and oxygen atoms in total. The van der Waals surface area contributed by atoms with Crippen molar-refractivity contribution in [1.82, 2.24) is 9.97 Å². The first-order valence-electron chi connectivity index (χ1n) is 8.80. The summed E-state index contributed by atoms with van der Waals surface area (Å²) in [6.45, 7) is 0. The van der Waals surface area contributed by atoms with Crippen LogP contribution in [-0.2, 0) is 10.0 Å². The summed E-state index contributed by atoms with van der Waals surface area (Å²) in [5.74, 6) is 0.344. The van der Waals surface area contributed by atoms with Crippen LogP contribution in [0.3, 0.4) is 0 Å². The molecule has 0 saturated heterocycles. The molecule has 0 atom stereocenters. The summed E-state index contributed by atoms with van der Waals surface area (Å²) >= 11 is 6.24. The van der Waals surface area contributed by atoms with Gasteiger partial charge in [0.2, 0.25) is 0 Å². The van der Waals surface area contributed by atoms with Gasteiger partial charge in [0.25, 0.3) is 10.0 Å². The van der Waals surface area contributed by atoms with Gasteiger partial charge in [0, 0.05) is 0 Å². The van der Waals surface area contributed by atoms with E-state index in [2.05, 4.69) is 20.0 Å². The van der Waals surface area contributed by atoms with Crippen molar-refractivity contribution in [3.8, 4) is 0 Å². The number of nitrogens with zero attached hydrogens (tertiary/aromatic N) is 2. The van der Waals surface area contributed by atoms with Gasteiger partial charge in [-0.15, -0.1) is 0 Å². The molecule has 0 amide bonds. The van der Waals surface area contributed by atoms with E-state index >= 15 is 0 Å². The maximum atomic E-state index is 12.9. The lowest BCUT2D eigenvalue weighted by Gasteiger charge is -2.14. The second-order valence-corrected chi connectivity index (χ2v) is 8.52. The van der Waals surface area contributed by atoms with Crippen LogP contribution in [0.1, 0.15) is 0 Å². The number of halogens is 1. The van der Waals surface area contributed by atoms with E-state index < -0.39 is 10.0 Å². The highest BCUT2D eigenvalue weighted by Crippen LogP contribution is 2.30. The number of hydrogen-bond donors (Lipinski definition) is 2. The Labute approximate surface area is 174 Å². The van der Waals surface area contributed by atoms with Gasteiger partial charge in [-0.2, -0.15) is 0 Å². The molecule has 0 bridgehead atoms. The number of sulfonamides is 1. The lowest BCUT2D eigenvalue weighted by Crippen LogP contribution is -2.16. The lowest BCUT2D eigenvalue weighted by atomic mass is 9.97. The summed E-state index contributed by atoms with van der Waals surface area (Å²) in [5, 5.41) is 3.56. The molecule has 1 heterocycles. The van der Waals surface area contributed by atoms with Crippen LogP contribution in [0.15, 0.2) is 77.7 Å². The summed E-state index contributed by atoms with van der Waals surface area (Å²) in [4.78, 5) is 9.16.